The average molecular weight is 196 g/mol. The average Bonchev–Trinajstić information content (AvgIpc) is 2.19. The number of ether oxygens (including phenoxy) is 1. The normalized spacial score (nSPS) is 9.13. The van der Waals surface area contributed by atoms with Crippen LogP contribution in [0.25, 0.3) is 0 Å². The Labute approximate surface area is 102 Å². The van der Waals surface area contributed by atoms with E-state index >= 15 is 0 Å². The van der Waals surface area contributed by atoms with E-state index in [1.165, 1.54) is 12.1 Å². The molecule has 0 amide bonds. The van der Waals surface area contributed by atoms with Crippen LogP contribution in [0.5, 0.6) is 11.5 Å². The van der Waals surface area contributed by atoms with Crippen molar-refractivity contribution < 1.29 is 29.4 Å². The van der Waals surface area contributed by atoms with Gasteiger partial charge < -0.3 is 6.16 Å². The molecule has 2 rings (SSSR count). The number of benzene rings is 2. The van der Waals surface area contributed by atoms with Crippen LogP contribution in [0.1, 0.15) is 1.43 Å². The summed E-state index contributed by atoms with van der Waals surface area (Å²) in [5, 5.41) is 0. The fourth-order valence-corrected chi connectivity index (χ4v) is 1.16. The van der Waals surface area contributed by atoms with Crippen LogP contribution < -0.4 is 23.6 Å². The summed E-state index contributed by atoms with van der Waals surface area (Å²) in [6, 6.07) is 15.4. The van der Waals surface area contributed by atoms with Crippen molar-refractivity contribution >= 4 is 0 Å². The zero-order valence-corrected chi connectivity index (χ0v) is 8.48. The van der Waals surface area contributed by atoms with Crippen molar-refractivity contribution in [1.29, 1.82) is 0 Å². The maximum Gasteiger partial charge on any atom is 1.00 e. The van der Waals surface area contributed by atoms with Crippen LogP contribution in [0.3, 0.4) is 0 Å². The van der Waals surface area contributed by atoms with Crippen molar-refractivity contribution in [2.24, 2.45) is 0 Å². The van der Waals surface area contributed by atoms with Crippen LogP contribution >= 0.6 is 0 Å². The molecule has 0 radical (unpaired) electrons. The molecular formula is C12H10FLiO. The Bertz CT molecular complexity index is 422. The summed E-state index contributed by atoms with van der Waals surface area (Å²) < 4.78 is 18.2. The summed E-state index contributed by atoms with van der Waals surface area (Å²) in [6.07, 6.45) is 0. The summed E-state index contributed by atoms with van der Waals surface area (Å²) in [5.74, 6) is 0.924. The molecule has 0 unspecified atom stereocenters. The van der Waals surface area contributed by atoms with Gasteiger partial charge in [0.05, 0.1) is 0 Å². The Morgan fingerprint density at radius 3 is 2.20 bits per heavy atom. The van der Waals surface area contributed by atoms with E-state index in [0.29, 0.717) is 11.5 Å². The molecule has 0 N–H and O–H groups in total. The molecule has 2 aromatic carbocycles. The Hall–Kier alpha value is -1.23. The minimum atomic E-state index is -0.293. The Morgan fingerprint density at radius 2 is 1.53 bits per heavy atom. The molecule has 0 saturated carbocycles. The van der Waals surface area contributed by atoms with Gasteiger partial charge in [-0.25, -0.2) is 4.39 Å². The first-order valence-electron chi connectivity index (χ1n) is 4.33. The first-order valence-corrected chi connectivity index (χ1v) is 4.33. The van der Waals surface area contributed by atoms with Gasteiger partial charge in [0.15, 0.2) is 0 Å². The van der Waals surface area contributed by atoms with E-state index in [0.717, 1.165) is 0 Å². The second-order valence-corrected chi connectivity index (χ2v) is 2.87. The molecule has 1 nitrogen and oxygen atoms in total. The van der Waals surface area contributed by atoms with Crippen molar-refractivity contribution in [2.75, 3.05) is 0 Å². The van der Waals surface area contributed by atoms with Gasteiger partial charge in [-0.3, -0.25) is 0 Å². The van der Waals surface area contributed by atoms with E-state index in [2.05, 4.69) is 0 Å². The second-order valence-electron chi connectivity index (χ2n) is 2.87. The van der Waals surface area contributed by atoms with E-state index in [-0.39, 0.29) is 26.1 Å². The molecule has 0 saturated heterocycles. The molecule has 0 fully saturated rings. The molecule has 0 spiro atoms. The number of hydrogen-bond acceptors (Lipinski definition) is 1. The smallest absolute Gasteiger partial charge is 1.00 e. The molecular weight excluding hydrogens is 186 g/mol. The molecule has 0 heterocycles. The molecule has 0 aromatic heterocycles. The second kappa shape index (κ2) is 5.60. The Balaban J connectivity index is 0.00000112. The molecule has 0 aliphatic carbocycles. The molecule has 0 aliphatic rings. The van der Waals surface area contributed by atoms with E-state index in [1.807, 2.05) is 30.3 Å². The largest absolute Gasteiger partial charge is 1.00 e. The van der Waals surface area contributed by atoms with E-state index in [4.69, 9.17) is 4.74 Å². The minimum absolute atomic E-state index is 0. The molecule has 72 valence electrons. The maximum atomic E-state index is 12.8. The summed E-state index contributed by atoms with van der Waals surface area (Å²) in [4.78, 5) is 0. The third-order valence-corrected chi connectivity index (χ3v) is 1.77. The van der Waals surface area contributed by atoms with Crippen molar-refractivity contribution in [3.05, 3.63) is 60.4 Å². The van der Waals surface area contributed by atoms with Gasteiger partial charge in [-0.05, 0) is 24.3 Å². The predicted molar refractivity (Wildman–Crippen MR) is 54.0 cm³/mol. The summed E-state index contributed by atoms with van der Waals surface area (Å²) >= 11 is 0. The van der Waals surface area contributed by atoms with Gasteiger partial charge in [0.2, 0.25) is 0 Å². The fourth-order valence-electron chi connectivity index (χ4n) is 1.16. The topological polar surface area (TPSA) is 9.23 Å². The first kappa shape index (κ1) is 11.8. The van der Waals surface area contributed by atoms with E-state index < -0.39 is 0 Å². The third-order valence-electron chi connectivity index (χ3n) is 1.77. The molecule has 2 aromatic rings. The van der Waals surface area contributed by atoms with Crippen LogP contribution in [0.2, 0.25) is 0 Å². The SMILES string of the molecule is Fc1cccc(Oc2ccccc2)c1.[H-].[Li+]. The third kappa shape index (κ3) is 3.43. The van der Waals surface area contributed by atoms with Gasteiger partial charge in [-0.2, -0.15) is 0 Å². The Morgan fingerprint density at radius 1 is 0.867 bits per heavy atom. The number of hydrogen-bond donors (Lipinski definition) is 0. The number of halogens is 1. The predicted octanol–water partition coefficient (Wildman–Crippen LogP) is 0.735. The van der Waals surface area contributed by atoms with Crippen LogP contribution in [0.4, 0.5) is 4.39 Å². The zero-order valence-electron chi connectivity index (χ0n) is 9.48. The maximum absolute atomic E-state index is 12.8. The van der Waals surface area contributed by atoms with Gasteiger partial charge in [0.1, 0.15) is 17.3 Å². The molecule has 0 bridgehead atoms. The quantitative estimate of drug-likeness (QED) is 0.643. The van der Waals surface area contributed by atoms with Gasteiger partial charge in [-0.15, -0.1) is 0 Å². The van der Waals surface area contributed by atoms with Crippen LogP contribution in [0, 0.1) is 5.82 Å². The zero-order chi connectivity index (χ0) is 9.80. The molecule has 0 atom stereocenters. The Kier molecular flexibility index (Phi) is 4.42. The monoisotopic (exact) mass is 196 g/mol. The molecule has 0 aliphatic heterocycles. The van der Waals surface area contributed by atoms with Crippen LogP contribution in [-0.2, 0) is 0 Å². The van der Waals surface area contributed by atoms with Crippen molar-refractivity contribution in [2.45, 2.75) is 0 Å². The van der Waals surface area contributed by atoms with Gasteiger partial charge in [0, 0.05) is 6.07 Å². The van der Waals surface area contributed by atoms with Gasteiger partial charge in [-0.1, -0.05) is 24.3 Å². The van der Waals surface area contributed by atoms with E-state index in [9.17, 15) is 4.39 Å². The van der Waals surface area contributed by atoms with Crippen molar-refractivity contribution in [3.8, 4) is 11.5 Å². The molecule has 15 heavy (non-hydrogen) atoms. The summed E-state index contributed by atoms with van der Waals surface area (Å²) in [6.45, 7) is 0. The van der Waals surface area contributed by atoms with Crippen LogP contribution in [0.15, 0.2) is 54.6 Å². The van der Waals surface area contributed by atoms with Crippen molar-refractivity contribution in [3.63, 3.8) is 0 Å². The fraction of sp³-hybridized carbons (Fsp3) is 0. The molecule has 3 heteroatoms. The number of para-hydroxylation sites is 1. The summed E-state index contributed by atoms with van der Waals surface area (Å²) in [7, 11) is 0. The van der Waals surface area contributed by atoms with E-state index in [1.54, 1.807) is 12.1 Å². The minimum Gasteiger partial charge on any atom is -1.00 e. The number of rotatable bonds is 2. The van der Waals surface area contributed by atoms with Gasteiger partial charge in [0.25, 0.3) is 0 Å². The van der Waals surface area contributed by atoms with Crippen LogP contribution in [-0.4, -0.2) is 0 Å². The van der Waals surface area contributed by atoms with Crippen molar-refractivity contribution in [1.82, 2.24) is 0 Å². The standard InChI is InChI=1S/C12H9FO.Li.H/c13-10-5-4-8-12(9-10)14-11-6-2-1-3-7-11;;/h1-9H;;/q;+1;-1. The van der Waals surface area contributed by atoms with Gasteiger partial charge >= 0.3 is 18.9 Å². The first-order chi connectivity index (χ1) is 6.84. The summed E-state index contributed by atoms with van der Waals surface area (Å²) in [5.41, 5.74) is 0.